The van der Waals surface area contributed by atoms with Crippen LogP contribution in [-0.4, -0.2) is 26.8 Å². The van der Waals surface area contributed by atoms with Crippen molar-refractivity contribution in [2.24, 2.45) is 0 Å². The molecule has 0 atom stereocenters. The van der Waals surface area contributed by atoms with Crippen molar-refractivity contribution >= 4 is 15.7 Å². The van der Waals surface area contributed by atoms with Crippen LogP contribution in [-0.2, 0) is 10.0 Å². The summed E-state index contributed by atoms with van der Waals surface area (Å²) in [5.41, 5.74) is 3.15. The Hall–Kier alpha value is -2.63. The van der Waals surface area contributed by atoms with Gasteiger partial charge in [0, 0.05) is 19.8 Å². The number of anilines is 1. The molecule has 1 N–H and O–H groups in total. The zero-order valence-electron chi connectivity index (χ0n) is 14.8. The van der Waals surface area contributed by atoms with Gasteiger partial charge in [0.2, 0.25) is 10.0 Å². The molecule has 3 rings (SSSR count). The van der Waals surface area contributed by atoms with Crippen LogP contribution in [0, 0.1) is 0 Å². The highest BCUT2D eigenvalue weighted by molar-refractivity contribution is 7.89. The van der Waals surface area contributed by atoms with Crippen molar-refractivity contribution in [1.29, 1.82) is 0 Å². The van der Waals surface area contributed by atoms with Gasteiger partial charge in [0.05, 0.1) is 10.9 Å². The minimum absolute atomic E-state index is 0.0197. The van der Waals surface area contributed by atoms with Gasteiger partial charge < -0.3 is 5.32 Å². The molecule has 0 radical (unpaired) electrons. The molecule has 0 aliphatic heterocycles. The standard InChI is InChI=1S/C21H22N2O2S/c1-23(2)26(24,25)20-15-13-19(14-16-20)22-21(17-9-5-3-6-10-17)18-11-7-4-8-12-18/h3-16,21-22H,1-2H3. The molecule has 0 unspecified atom stereocenters. The molecule has 26 heavy (non-hydrogen) atoms. The molecule has 0 aliphatic rings. The second-order valence-corrected chi connectivity index (χ2v) is 8.36. The van der Waals surface area contributed by atoms with Crippen LogP contribution in [0.25, 0.3) is 0 Å². The Morgan fingerprint density at radius 2 is 1.19 bits per heavy atom. The van der Waals surface area contributed by atoms with Crippen LogP contribution >= 0.6 is 0 Å². The van der Waals surface area contributed by atoms with E-state index >= 15 is 0 Å². The number of benzene rings is 3. The highest BCUT2D eigenvalue weighted by Gasteiger charge is 2.18. The van der Waals surface area contributed by atoms with Crippen molar-refractivity contribution in [3.8, 4) is 0 Å². The third-order valence-electron chi connectivity index (χ3n) is 4.21. The van der Waals surface area contributed by atoms with Gasteiger partial charge >= 0.3 is 0 Å². The summed E-state index contributed by atoms with van der Waals surface area (Å²) in [6.45, 7) is 0. The largest absolute Gasteiger partial charge is 0.374 e. The second kappa shape index (κ2) is 7.72. The van der Waals surface area contributed by atoms with E-state index in [0.717, 1.165) is 16.8 Å². The summed E-state index contributed by atoms with van der Waals surface area (Å²) in [7, 11) is -0.361. The Kier molecular flexibility index (Phi) is 5.40. The summed E-state index contributed by atoms with van der Waals surface area (Å²) in [6.07, 6.45) is 0. The zero-order chi connectivity index (χ0) is 18.6. The van der Waals surface area contributed by atoms with Gasteiger partial charge in [0.15, 0.2) is 0 Å². The molecule has 0 heterocycles. The van der Waals surface area contributed by atoms with Crippen molar-refractivity contribution in [2.45, 2.75) is 10.9 Å². The van der Waals surface area contributed by atoms with Crippen LogP contribution in [0.5, 0.6) is 0 Å². The lowest BCUT2D eigenvalue weighted by molar-refractivity contribution is 0.521. The summed E-state index contributed by atoms with van der Waals surface area (Å²) < 4.78 is 25.6. The highest BCUT2D eigenvalue weighted by atomic mass is 32.2. The van der Waals surface area contributed by atoms with Gasteiger partial charge in [0.25, 0.3) is 0 Å². The average Bonchev–Trinajstić information content (AvgIpc) is 2.68. The van der Waals surface area contributed by atoms with Crippen LogP contribution in [0.1, 0.15) is 17.2 Å². The Morgan fingerprint density at radius 1 is 0.731 bits per heavy atom. The number of hydrogen-bond acceptors (Lipinski definition) is 3. The zero-order valence-corrected chi connectivity index (χ0v) is 15.6. The fraction of sp³-hybridized carbons (Fsp3) is 0.143. The minimum atomic E-state index is -3.42. The van der Waals surface area contributed by atoms with Gasteiger partial charge in [-0.05, 0) is 35.4 Å². The molecule has 134 valence electrons. The lowest BCUT2D eigenvalue weighted by Crippen LogP contribution is -2.22. The normalized spacial score (nSPS) is 11.7. The van der Waals surface area contributed by atoms with Gasteiger partial charge in [0.1, 0.15) is 0 Å². The SMILES string of the molecule is CN(C)S(=O)(=O)c1ccc(NC(c2ccccc2)c2ccccc2)cc1. The first-order valence-corrected chi connectivity index (χ1v) is 9.81. The summed E-state index contributed by atoms with van der Waals surface area (Å²) in [6, 6.07) is 27.2. The summed E-state index contributed by atoms with van der Waals surface area (Å²) in [5, 5.41) is 3.51. The predicted molar refractivity (Wildman–Crippen MR) is 106 cm³/mol. The maximum absolute atomic E-state index is 12.2. The van der Waals surface area contributed by atoms with E-state index in [9.17, 15) is 8.42 Å². The Labute approximate surface area is 155 Å². The smallest absolute Gasteiger partial charge is 0.242 e. The van der Waals surface area contributed by atoms with Crippen LogP contribution in [0.4, 0.5) is 5.69 Å². The summed E-state index contributed by atoms with van der Waals surface area (Å²) in [4.78, 5) is 0.282. The third-order valence-corrected chi connectivity index (χ3v) is 6.04. The highest BCUT2D eigenvalue weighted by Crippen LogP contribution is 2.27. The van der Waals surface area contributed by atoms with Gasteiger partial charge in [-0.1, -0.05) is 60.7 Å². The first kappa shape index (κ1) is 18.2. The molecule has 0 aromatic heterocycles. The van der Waals surface area contributed by atoms with E-state index in [1.807, 2.05) is 36.4 Å². The quantitative estimate of drug-likeness (QED) is 0.713. The fourth-order valence-corrected chi connectivity index (χ4v) is 3.65. The first-order chi connectivity index (χ1) is 12.5. The monoisotopic (exact) mass is 366 g/mol. The maximum atomic E-state index is 12.2. The number of rotatable bonds is 6. The second-order valence-electron chi connectivity index (χ2n) is 6.21. The van der Waals surface area contributed by atoms with Crippen molar-refractivity contribution in [1.82, 2.24) is 4.31 Å². The van der Waals surface area contributed by atoms with E-state index in [2.05, 4.69) is 29.6 Å². The van der Waals surface area contributed by atoms with Gasteiger partial charge in [-0.25, -0.2) is 12.7 Å². The molecule has 5 heteroatoms. The molecule has 0 aliphatic carbocycles. The van der Waals surface area contributed by atoms with Crippen LogP contribution in [0.3, 0.4) is 0 Å². The van der Waals surface area contributed by atoms with Gasteiger partial charge in [-0.3, -0.25) is 0 Å². The summed E-state index contributed by atoms with van der Waals surface area (Å²) in [5.74, 6) is 0. The van der Waals surface area contributed by atoms with Crippen molar-refractivity contribution in [3.63, 3.8) is 0 Å². The molecule has 0 saturated heterocycles. The third kappa shape index (κ3) is 3.95. The molecule has 0 fully saturated rings. The Morgan fingerprint density at radius 3 is 1.62 bits per heavy atom. The van der Waals surface area contributed by atoms with E-state index in [0.29, 0.717) is 0 Å². The molecule has 3 aromatic rings. The lowest BCUT2D eigenvalue weighted by atomic mass is 9.98. The van der Waals surface area contributed by atoms with Crippen LogP contribution < -0.4 is 5.32 Å². The Balaban J connectivity index is 1.91. The molecular weight excluding hydrogens is 344 g/mol. The molecule has 4 nitrogen and oxygen atoms in total. The van der Waals surface area contributed by atoms with Crippen LogP contribution in [0.2, 0.25) is 0 Å². The number of hydrogen-bond donors (Lipinski definition) is 1. The molecule has 0 amide bonds. The average molecular weight is 366 g/mol. The van der Waals surface area contributed by atoms with E-state index in [4.69, 9.17) is 0 Å². The molecule has 0 spiro atoms. The topological polar surface area (TPSA) is 49.4 Å². The number of sulfonamides is 1. The van der Waals surface area contributed by atoms with E-state index in [1.54, 1.807) is 24.3 Å². The van der Waals surface area contributed by atoms with Crippen LogP contribution in [0.15, 0.2) is 89.8 Å². The Bertz CT molecular complexity index is 899. The molecular formula is C21H22N2O2S. The number of nitrogens with zero attached hydrogens (tertiary/aromatic N) is 1. The predicted octanol–water partition coefficient (Wildman–Crippen LogP) is 4.14. The van der Waals surface area contributed by atoms with Crippen molar-refractivity contribution in [2.75, 3.05) is 19.4 Å². The maximum Gasteiger partial charge on any atom is 0.242 e. The van der Waals surface area contributed by atoms with E-state index in [-0.39, 0.29) is 10.9 Å². The first-order valence-electron chi connectivity index (χ1n) is 8.37. The van der Waals surface area contributed by atoms with Gasteiger partial charge in [-0.15, -0.1) is 0 Å². The number of nitrogens with one attached hydrogen (secondary N) is 1. The summed E-state index contributed by atoms with van der Waals surface area (Å²) >= 11 is 0. The van der Waals surface area contributed by atoms with E-state index < -0.39 is 10.0 Å². The van der Waals surface area contributed by atoms with Crippen molar-refractivity contribution in [3.05, 3.63) is 96.1 Å². The lowest BCUT2D eigenvalue weighted by Gasteiger charge is -2.21. The van der Waals surface area contributed by atoms with Crippen molar-refractivity contribution < 1.29 is 8.42 Å². The van der Waals surface area contributed by atoms with Gasteiger partial charge in [-0.2, -0.15) is 0 Å². The fourth-order valence-electron chi connectivity index (χ4n) is 2.75. The van der Waals surface area contributed by atoms with E-state index in [1.165, 1.54) is 18.4 Å². The minimum Gasteiger partial charge on any atom is -0.374 e. The molecule has 0 bridgehead atoms. The molecule has 3 aromatic carbocycles. The molecule has 0 saturated carbocycles.